The molecule has 0 saturated heterocycles. The number of hydrogen-bond donors (Lipinski definition) is 2. The highest BCUT2D eigenvalue weighted by Crippen LogP contribution is 2.14. The predicted molar refractivity (Wildman–Crippen MR) is 68.5 cm³/mol. The van der Waals surface area contributed by atoms with Crippen LogP contribution in [0.15, 0.2) is 12.7 Å². The summed E-state index contributed by atoms with van der Waals surface area (Å²) in [5.74, 6) is 6.33. The maximum atomic E-state index is 5.55. The van der Waals surface area contributed by atoms with Crippen LogP contribution in [-0.2, 0) is 0 Å². The van der Waals surface area contributed by atoms with Crippen LogP contribution in [0.1, 0.15) is 58.8 Å². The van der Waals surface area contributed by atoms with Gasteiger partial charge in [0.15, 0.2) is 0 Å². The van der Waals surface area contributed by atoms with Gasteiger partial charge >= 0.3 is 0 Å². The molecule has 2 unspecified atom stereocenters. The lowest BCUT2D eigenvalue weighted by Gasteiger charge is -2.19. The van der Waals surface area contributed by atoms with Gasteiger partial charge in [0.05, 0.1) is 0 Å². The lowest BCUT2D eigenvalue weighted by Crippen LogP contribution is -2.36. The highest BCUT2D eigenvalue weighted by Gasteiger charge is 2.09. The van der Waals surface area contributed by atoms with Crippen LogP contribution >= 0.6 is 0 Å². The van der Waals surface area contributed by atoms with Crippen molar-refractivity contribution < 1.29 is 0 Å². The van der Waals surface area contributed by atoms with Crippen LogP contribution in [0, 0.1) is 5.92 Å². The van der Waals surface area contributed by atoms with Gasteiger partial charge in [-0.15, -0.1) is 6.58 Å². The molecule has 0 amide bonds. The van der Waals surface area contributed by atoms with E-state index in [1.54, 1.807) is 0 Å². The van der Waals surface area contributed by atoms with Crippen LogP contribution < -0.4 is 11.3 Å². The molecule has 0 aliphatic rings. The van der Waals surface area contributed by atoms with Gasteiger partial charge in [0.25, 0.3) is 0 Å². The summed E-state index contributed by atoms with van der Waals surface area (Å²) in [4.78, 5) is 0. The maximum Gasteiger partial charge on any atom is 0.0213 e. The summed E-state index contributed by atoms with van der Waals surface area (Å²) >= 11 is 0. The van der Waals surface area contributed by atoms with Gasteiger partial charge < -0.3 is 0 Å². The van der Waals surface area contributed by atoms with E-state index in [-0.39, 0.29) is 0 Å². The van der Waals surface area contributed by atoms with E-state index in [0.717, 1.165) is 12.3 Å². The number of hydrogen-bond acceptors (Lipinski definition) is 2. The molecule has 2 heteroatoms. The first-order valence-corrected chi connectivity index (χ1v) is 6.31. The zero-order valence-electron chi connectivity index (χ0n) is 10.5. The van der Waals surface area contributed by atoms with Crippen molar-refractivity contribution in [3.8, 4) is 0 Å². The molecule has 3 N–H and O–H groups in total. The SMILES string of the molecule is C=CCCCCCC(CC(C)CC)NN. The quantitative estimate of drug-likeness (QED) is 0.252. The normalized spacial score (nSPS) is 14.9. The number of nitrogens with two attached hydrogens (primary N) is 1. The Morgan fingerprint density at radius 3 is 2.60 bits per heavy atom. The van der Waals surface area contributed by atoms with Gasteiger partial charge in [-0.25, -0.2) is 0 Å². The van der Waals surface area contributed by atoms with Crippen LogP contribution in [0.4, 0.5) is 0 Å². The molecular weight excluding hydrogens is 184 g/mol. The van der Waals surface area contributed by atoms with E-state index in [1.165, 1.54) is 38.5 Å². The molecule has 15 heavy (non-hydrogen) atoms. The van der Waals surface area contributed by atoms with Gasteiger partial charge in [0.2, 0.25) is 0 Å². The molecule has 90 valence electrons. The summed E-state index contributed by atoms with van der Waals surface area (Å²) < 4.78 is 0. The third-order valence-electron chi connectivity index (χ3n) is 3.08. The zero-order chi connectivity index (χ0) is 11.5. The first kappa shape index (κ1) is 14.7. The monoisotopic (exact) mass is 212 g/mol. The number of allylic oxidation sites excluding steroid dienone is 1. The van der Waals surface area contributed by atoms with Crippen molar-refractivity contribution in [3.05, 3.63) is 12.7 Å². The molecule has 0 bridgehead atoms. The lowest BCUT2D eigenvalue weighted by molar-refractivity contribution is 0.371. The summed E-state index contributed by atoms with van der Waals surface area (Å²) in [6, 6.07) is 0.503. The largest absolute Gasteiger partial charge is 0.271 e. The van der Waals surface area contributed by atoms with Gasteiger partial charge in [0, 0.05) is 6.04 Å². The predicted octanol–water partition coefficient (Wildman–Crippen LogP) is 3.39. The maximum absolute atomic E-state index is 5.55. The minimum absolute atomic E-state index is 0.503. The van der Waals surface area contributed by atoms with E-state index in [4.69, 9.17) is 5.84 Å². The van der Waals surface area contributed by atoms with Gasteiger partial charge in [0.1, 0.15) is 0 Å². The van der Waals surface area contributed by atoms with Crippen LogP contribution in [0.25, 0.3) is 0 Å². The Bertz CT molecular complexity index is 145. The molecule has 0 aromatic heterocycles. The second kappa shape index (κ2) is 10.2. The Balaban J connectivity index is 3.47. The van der Waals surface area contributed by atoms with Crippen molar-refractivity contribution in [2.24, 2.45) is 11.8 Å². The summed E-state index contributed by atoms with van der Waals surface area (Å²) in [5.41, 5.74) is 2.94. The molecule has 0 saturated carbocycles. The van der Waals surface area contributed by atoms with Crippen LogP contribution in [0.2, 0.25) is 0 Å². The van der Waals surface area contributed by atoms with Crippen LogP contribution in [0.3, 0.4) is 0 Å². The van der Waals surface area contributed by atoms with Gasteiger partial charge in [-0.2, -0.15) is 0 Å². The van der Waals surface area contributed by atoms with Crippen molar-refractivity contribution in [3.63, 3.8) is 0 Å². The van der Waals surface area contributed by atoms with Crippen LogP contribution in [0.5, 0.6) is 0 Å². The average molecular weight is 212 g/mol. The van der Waals surface area contributed by atoms with Crippen molar-refractivity contribution in [2.75, 3.05) is 0 Å². The summed E-state index contributed by atoms with van der Waals surface area (Å²) in [7, 11) is 0. The number of nitrogens with one attached hydrogen (secondary N) is 1. The number of rotatable bonds is 10. The summed E-state index contributed by atoms with van der Waals surface area (Å²) in [6.07, 6.45) is 10.6. The highest BCUT2D eigenvalue weighted by atomic mass is 15.2. The lowest BCUT2D eigenvalue weighted by atomic mass is 9.96. The van der Waals surface area contributed by atoms with E-state index < -0.39 is 0 Å². The number of hydrazine groups is 1. The van der Waals surface area contributed by atoms with E-state index in [9.17, 15) is 0 Å². The molecule has 0 aliphatic heterocycles. The standard InChI is InChI=1S/C13H28N2/c1-4-6-7-8-9-10-13(15-14)11-12(3)5-2/h4,12-13,15H,1,5-11,14H2,2-3H3. The zero-order valence-corrected chi connectivity index (χ0v) is 10.5. The molecule has 0 aromatic rings. The van der Waals surface area contributed by atoms with Gasteiger partial charge in [-0.3, -0.25) is 11.3 Å². The first-order valence-electron chi connectivity index (χ1n) is 6.31. The smallest absolute Gasteiger partial charge is 0.0213 e. The average Bonchev–Trinajstić information content (AvgIpc) is 2.26. The Morgan fingerprint density at radius 2 is 2.07 bits per heavy atom. The van der Waals surface area contributed by atoms with Crippen molar-refractivity contribution >= 4 is 0 Å². The van der Waals surface area contributed by atoms with Crippen molar-refractivity contribution in [1.29, 1.82) is 0 Å². The van der Waals surface area contributed by atoms with Crippen molar-refractivity contribution in [2.45, 2.75) is 64.8 Å². The molecule has 2 atom stereocenters. The Hall–Kier alpha value is -0.340. The molecule has 2 nitrogen and oxygen atoms in total. The third-order valence-corrected chi connectivity index (χ3v) is 3.08. The Kier molecular flexibility index (Phi) is 9.96. The fourth-order valence-corrected chi connectivity index (χ4v) is 1.78. The molecule has 0 fully saturated rings. The molecule has 0 heterocycles. The van der Waals surface area contributed by atoms with E-state index in [1.807, 2.05) is 6.08 Å². The highest BCUT2D eigenvalue weighted by molar-refractivity contribution is 4.69. The first-order chi connectivity index (χ1) is 7.24. The minimum atomic E-state index is 0.503. The molecule has 0 aromatic carbocycles. The van der Waals surface area contributed by atoms with Crippen LogP contribution in [-0.4, -0.2) is 6.04 Å². The molecule has 0 rings (SSSR count). The molecule has 0 radical (unpaired) electrons. The van der Waals surface area contributed by atoms with Crippen molar-refractivity contribution in [1.82, 2.24) is 5.43 Å². The summed E-state index contributed by atoms with van der Waals surface area (Å²) in [5, 5.41) is 0. The van der Waals surface area contributed by atoms with E-state index >= 15 is 0 Å². The number of unbranched alkanes of at least 4 members (excludes halogenated alkanes) is 3. The second-order valence-corrected chi connectivity index (χ2v) is 4.54. The van der Waals surface area contributed by atoms with E-state index in [2.05, 4.69) is 25.9 Å². The topological polar surface area (TPSA) is 38.0 Å². The Labute approximate surface area is 95.3 Å². The molecule has 0 spiro atoms. The van der Waals surface area contributed by atoms with E-state index in [0.29, 0.717) is 6.04 Å². The summed E-state index contributed by atoms with van der Waals surface area (Å²) in [6.45, 7) is 8.26. The van der Waals surface area contributed by atoms with Gasteiger partial charge in [-0.1, -0.05) is 39.2 Å². The Morgan fingerprint density at radius 1 is 1.33 bits per heavy atom. The van der Waals surface area contributed by atoms with Gasteiger partial charge in [-0.05, 0) is 31.6 Å². The molecular formula is C13H28N2. The second-order valence-electron chi connectivity index (χ2n) is 4.54. The fourth-order valence-electron chi connectivity index (χ4n) is 1.78. The minimum Gasteiger partial charge on any atom is -0.271 e. The third kappa shape index (κ3) is 8.64. The molecule has 0 aliphatic carbocycles. The fraction of sp³-hybridized carbons (Fsp3) is 0.846.